The second-order valence-corrected chi connectivity index (χ2v) is 5.80. The van der Waals surface area contributed by atoms with Crippen LogP contribution >= 0.6 is 0 Å². The minimum Gasteiger partial charge on any atom is -0.492 e. The van der Waals surface area contributed by atoms with Gasteiger partial charge >= 0.3 is 0 Å². The van der Waals surface area contributed by atoms with Gasteiger partial charge in [-0.15, -0.1) is 0 Å². The van der Waals surface area contributed by atoms with Gasteiger partial charge < -0.3 is 4.74 Å². The summed E-state index contributed by atoms with van der Waals surface area (Å²) in [4.78, 5) is 0.246. The summed E-state index contributed by atoms with van der Waals surface area (Å²) in [5, 5.41) is 0. The maximum atomic E-state index is 12.0. The van der Waals surface area contributed by atoms with Gasteiger partial charge in [0.25, 0.3) is 0 Å². The molecular weight excluding hydrogens is 226 g/mol. The molecule has 0 aliphatic carbocycles. The van der Waals surface area contributed by atoms with Crippen LogP contribution in [0.2, 0.25) is 0 Å². The third-order valence-electron chi connectivity index (χ3n) is 2.36. The number of sulfonamides is 1. The predicted octanol–water partition coefficient (Wildman–Crippen LogP) is 1.31. The molecule has 0 radical (unpaired) electrons. The highest BCUT2D eigenvalue weighted by atomic mass is 32.2. The van der Waals surface area contributed by atoms with Crippen LogP contribution in [0.25, 0.3) is 0 Å². The van der Waals surface area contributed by atoms with Crippen molar-refractivity contribution in [3.05, 3.63) is 23.8 Å². The topological polar surface area (TPSA) is 55.4 Å². The SMILES string of the molecule is CC(C)NS(=O)(=O)c1cccc2c1OCC2. The molecule has 0 spiro atoms. The molecule has 0 atom stereocenters. The minimum atomic E-state index is -3.46. The average molecular weight is 241 g/mol. The smallest absolute Gasteiger partial charge is 0.244 e. The third-order valence-corrected chi connectivity index (χ3v) is 4.04. The molecule has 1 aliphatic rings. The fraction of sp³-hybridized carbons (Fsp3) is 0.455. The molecule has 16 heavy (non-hydrogen) atoms. The molecule has 2 rings (SSSR count). The predicted molar refractivity (Wildman–Crippen MR) is 61.1 cm³/mol. The maximum Gasteiger partial charge on any atom is 0.244 e. The zero-order chi connectivity index (χ0) is 11.8. The molecule has 0 saturated heterocycles. The Balaban J connectivity index is 2.45. The highest BCUT2D eigenvalue weighted by Gasteiger charge is 2.25. The fourth-order valence-corrected chi connectivity index (χ4v) is 3.21. The first-order valence-corrected chi connectivity index (χ1v) is 6.76. The molecule has 5 heteroatoms. The van der Waals surface area contributed by atoms with Crippen molar-refractivity contribution in [2.24, 2.45) is 0 Å². The van der Waals surface area contributed by atoms with E-state index in [4.69, 9.17) is 4.74 Å². The van der Waals surface area contributed by atoms with Gasteiger partial charge in [-0.05, 0) is 25.5 Å². The number of nitrogens with one attached hydrogen (secondary N) is 1. The summed E-state index contributed by atoms with van der Waals surface area (Å²) < 4.78 is 32.0. The van der Waals surface area contributed by atoms with Gasteiger partial charge in [0, 0.05) is 12.5 Å². The van der Waals surface area contributed by atoms with Crippen LogP contribution in [0.15, 0.2) is 23.1 Å². The van der Waals surface area contributed by atoms with Gasteiger partial charge in [-0.3, -0.25) is 0 Å². The third kappa shape index (κ3) is 2.05. The van der Waals surface area contributed by atoms with Gasteiger partial charge in [0.05, 0.1) is 6.61 Å². The van der Waals surface area contributed by atoms with E-state index in [1.54, 1.807) is 26.0 Å². The molecule has 1 aliphatic heterocycles. The standard InChI is InChI=1S/C11H15NO3S/c1-8(2)12-16(13,14)10-5-3-4-9-6-7-15-11(9)10/h3-5,8,12H,6-7H2,1-2H3. The summed E-state index contributed by atoms with van der Waals surface area (Å²) >= 11 is 0. The number of hydrogen-bond donors (Lipinski definition) is 1. The van der Waals surface area contributed by atoms with E-state index in [1.165, 1.54) is 0 Å². The molecule has 4 nitrogen and oxygen atoms in total. The normalized spacial score (nSPS) is 14.9. The van der Waals surface area contributed by atoms with Gasteiger partial charge in [-0.2, -0.15) is 0 Å². The zero-order valence-electron chi connectivity index (χ0n) is 9.36. The molecule has 1 aromatic carbocycles. The molecular formula is C11H15NO3S. The van der Waals surface area contributed by atoms with Gasteiger partial charge in [0.2, 0.25) is 10.0 Å². The summed E-state index contributed by atoms with van der Waals surface area (Å²) in [6.07, 6.45) is 0.778. The summed E-state index contributed by atoms with van der Waals surface area (Å²) in [6.45, 7) is 4.15. The lowest BCUT2D eigenvalue weighted by atomic mass is 10.2. The fourth-order valence-electron chi connectivity index (χ4n) is 1.77. The van der Waals surface area contributed by atoms with E-state index in [1.807, 2.05) is 6.07 Å². The second kappa shape index (κ2) is 4.07. The van der Waals surface area contributed by atoms with E-state index in [0.717, 1.165) is 12.0 Å². The number of hydrogen-bond acceptors (Lipinski definition) is 3. The first-order chi connectivity index (χ1) is 7.50. The van der Waals surface area contributed by atoms with E-state index in [-0.39, 0.29) is 10.9 Å². The number of ether oxygens (including phenoxy) is 1. The molecule has 1 aromatic rings. The summed E-state index contributed by atoms with van der Waals surface area (Å²) in [5.74, 6) is 0.510. The Bertz CT molecular complexity index is 494. The number of fused-ring (bicyclic) bond motifs is 1. The van der Waals surface area contributed by atoms with Crippen molar-refractivity contribution < 1.29 is 13.2 Å². The van der Waals surface area contributed by atoms with E-state index < -0.39 is 10.0 Å². The van der Waals surface area contributed by atoms with Crippen LogP contribution in [-0.4, -0.2) is 21.1 Å². The number of benzene rings is 1. The quantitative estimate of drug-likeness (QED) is 0.868. The largest absolute Gasteiger partial charge is 0.492 e. The van der Waals surface area contributed by atoms with Crippen LogP contribution in [0.4, 0.5) is 0 Å². The minimum absolute atomic E-state index is 0.123. The van der Waals surface area contributed by atoms with Crippen molar-refractivity contribution in [3.8, 4) is 5.75 Å². The zero-order valence-corrected chi connectivity index (χ0v) is 10.2. The molecule has 0 fully saturated rings. The van der Waals surface area contributed by atoms with Gasteiger partial charge in [-0.25, -0.2) is 13.1 Å². The molecule has 0 amide bonds. The lowest BCUT2D eigenvalue weighted by molar-refractivity contribution is 0.348. The van der Waals surface area contributed by atoms with Gasteiger partial charge in [0.1, 0.15) is 10.6 Å². The molecule has 1 N–H and O–H groups in total. The first-order valence-electron chi connectivity index (χ1n) is 5.28. The van der Waals surface area contributed by atoms with Crippen molar-refractivity contribution in [2.75, 3.05) is 6.61 Å². The van der Waals surface area contributed by atoms with E-state index in [0.29, 0.717) is 12.4 Å². The van der Waals surface area contributed by atoms with Crippen LogP contribution in [0.5, 0.6) is 5.75 Å². The lowest BCUT2D eigenvalue weighted by Gasteiger charge is -2.12. The Morgan fingerprint density at radius 3 is 2.81 bits per heavy atom. The molecule has 1 heterocycles. The lowest BCUT2D eigenvalue weighted by Crippen LogP contribution is -2.30. The highest BCUT2D eigenvalue weighted by Crippen LogP contribution is 2.32. The van der Waals surface area contributed by atoms with Gasteiger partial charge in [-0.1, -0.05) is 12.1 Å². The first kappa shape index (κ1) is 11.4. The number of rotatable bonds is 3. The second-order valence-electron chi connectivity index (χ2n) is 4.12. The van der Waals surface area contributed by atoms with Crippen LogP contribution in [0, 0.1) is 0 Å². The summed E-state index contributed by atoms with van der Waals surface area (Å²) in [7, 11) is -3.46. The Morgan fingerprint density at radius 1 is 1.38 bits per heavy atom. The highest BCUT2D eigenvalue weighted by molar-refractivity contribution is 7.89. The van der Waals surface area contributed by atoms with E-state index in [9.17, 15) is 8.42 Å². The Morgan fingerprint density at radius 2 is 2.12 bits per heavy atom. The average Bonchev–Trinajstić information content (AvgIpc) is 2.62. The maximum absolute atomic E-state index is 12.0. The van der Waals surface area contributed by atoms with Crippen molar-refractivity contribution in [1.29, 1.82) is 0 Å². The van der Waals surface area contributed by atoms with E-state index >= 15 is 0 Å². The Labute approximate surface area is 95.7 Å². The van der Waals surface area contributed by atoms with Gasteiger partial charge in [0.15, 0.2) is 0 Å². The van der Waals surface area contributed by atoms with Crippen molar-refractivity contribution in [1.82, 2.24) is 4.72 Å². The van der Waals surface area contributed by atoms with E-state index in [2.05, 4.69) is 4.72 Å². The van der Waals surface area contributed by atoms with Crippen LogP contribution in [0.1, 0.15) is 19.4 Å². The summed E-state index contributed by atoms with van der Waals surface area (Å²) in [6, 6.07) is 5.11. The van der Waals surface area contributed by atoms with Crippen molar-refractivity contribution >= 4 is 10.0 Å². The monoisotopic (exact) mass is 241 g/mol. The molecule has 0 bridgehead atoms. The van der Waals surface area contributed by atoms with Crippen molar-refractivity contribution in [3.63, 3.8) is 0 Å². The summed E-state index contributed by atoms with van der Waals surface area (Å²) in [5.41, 5.74) is 0.964. The molecule has 0 unspecified atom stereocenters. The Hall–Kier alpha value is -1.07. The molecule has 0 aromatic heterocycles. The Kier molecular flexibility index (Phi) is 2.90. The number of para-hydroxylation sites is 1. The van der Waals surface area contributed by atoms with Crippen molar-refractivity contribution in [2.45, 2.75) is 31.2 Å². The molecule has 0 saturated carbocycles. The van der Waals surface area contributed by atoms with Crippen LogP contribution < -0.4 is 9.46 Å². The van der Waals surface area contributed by atoms with Crippen LogP contribution in [-0.2, 0) is 16.4 Å². The van der Waals surface area contributed by atoms with Crippen LogP contribution in [0.3, 0.4) is 0 Å². The molecule has 88 valence electrons.